The fraction of sp³-hybridized carbons (Fsp3) is 0.944. The van der Waals surface area contributed by atoms with Gasteiger partial charge in [0.15, 0.2) is 0 Å². The first kappa shape index (κ1) is 19.3. The van der Waals surface area contributed by atoms with Gasteiger partial charge in [-0.2, -0.15) is 0 Å². The van der Waals surface area contributed by atoms with Crippen LogP contribution in [0.25, 0.3) is 0 Å². The van der Waals surface area contributed by atoms with Gasteiger partial charge in [-0.1, -0.05) is 33.1 Å². The maximum Gasteiger partial charge on any atom is 0.407 e. The lowest BCUT2D eigenvalue weighted by molar-refractivity contribution is 0.0506. The summed E-state index contributed by atoms with van der Waals surface area (Å²) in [5.74, 6) is 0.799. The highest BCUT2D eigenvalue weighted by Crippen LogP contribution is 2.24. The first-order chi connectivity index (χ1) is 10.3. The van der Waals surface area contributed by atoms with E-state index in [2.05, 4.69) is 24.5 Å². The van der Waals surface area contributed by atoms with Gasteiger partial charge in [0, 0.05) is 12.1 Å². The van der Waals surface area contributed by atoms with Crippen LogP contribution in [-0.2, 0) is 4.74 Å². The second kappa shape index (κ2) is 8.76. The second-order valence-corrected chi connectivity index (χ2v) is 7.73. The molecule has 1 amide bonds. The first-order valence-electron chi connectivity index (χ1n) is 9.02. The van der Waals surface area contributed by atoms with Crippen LogP contribution in [0.4, 0.5) is 4.79 Å². The van der Waals surface area contributed by atoms with Crippen molar-refractivity contribution in [2.75, 3.05) is 13.1 Å². The molecule has 2 N–H and O–H groups in total. The van der Waals surface area contributed by atoms with Crippen molar-refractivity contribution in [2.45, 2.75) is 90.7 Å². The molecular weight excluding hydrogens is 276 g/mol. The van der Waals surface area contributed by atoms with E-state index >= 15 is 0 Å². The molecule has 1 aliphatic carbocycles. The molecule has 0 radical (unpaired) electrons. The molecule has 0 aliphatic heterocycles. The molecule has 0 aromatic rings. The first-order valence-corrected chi connectivity index (χ1v) is 9.02. The molecule has 0 heterocycles. The van der Waals surface area contributed by atoms with Crippen LogP contribution in [0.15, 0.2) is 0 Å². The fourth-order valence-electron chi connectivity index (χ4n) is 3.12. The van der Waals surface area contributed by atoms with E-state index in [1.54, 1.807) is 0 Å². The van der Waals surface area contributed by atoms with Gasteiger partial charge in [-0.25, -0.2) is 4.79 Å². The number of carbonyl (C=O) groups is 1. The van der Waals surface area contributed by atoms with E-state index in [-0.39, 0.29) is 11.6 Å². The van der Waals surface area contributed by atoms with Crippen LogP contribution in [0.3, 0.4) is 0 Å². The Morgan fingerprint density at radius 1 is 1.09 bits per heavy atom. The average Bonchev–Trinajstić information content (AvgIpc) is 2.47. The van der Waals surface area contributed by atoms with Crippen LogP contribution in [0, 0.1) is 5.92 Å². The summed E-state index contributed by atoms with van der Waals surface area (Å²) >= 11 is 0. The van der Waals surface area contributed by atoms with E-state index in [1.807, 2.05) is 20.8 Å². The third kappa shape index (κ3) is 6.99. The smallest absolute Gasteiger partial charge is 0.407 e. The minimum atomic E-state index is -0.444. The predicted molar refractivity (Wildman–Crippen MR) is 92.1 cm³/mol. The van der Waals surface area contributed by atoms with Gasteiger partial charge < -0.3 is 15.4 Å². The predicted octanol–water partition coefficient (Wildman–Crippen LogP) is 4.24. The molecular formula is C18H36N2O2. The van der Waals surface area contributed by atoms with Gasteiger partial charge in [0.2, 0.25) is 0 Å². The van der Waals surface area contributed by atoms with Crippen molar-refractivity contribution in [1.29, 1.82) is 0 Å². The maximum atomic E-state index is 11.9. The molecule has 0 aromatic heterocycles. The summed E-state index contributed by atoms with van der Waals surface area (Å²) in [5, 5.41) is 6.70. The summed E-state index contributed by atoms with van der Waals surface area (Å²) in [7, 11) is 0. The number of ether oxygens (including phenoxy) is 1. The Hall–Kier alpha value is -0.770. The lowest BCUT2D eigenvalue weighted by Crippen LogP contribution is -2.54. The largest absolute Gasteiger partial charge is 0.444 e. The third-order valence-electron chi connectivity index (χ3n) is 4.81. The van der Waals surface area contributed by atoms with E-state index in [1.165, 1.54) is 32.1 Å². The van der Waals surface area contributed by atoms with Crippen molar-refractivity contribution in [3.05, 3.63) is 0 Å². The number of hydrogen-bond donors (Lipinski definition) is 2. The van der Waals surface area contributed by atoms with Gasteiger partial charge in [-0.15, -0.1) is 0 Å². The molecule has 0 saturated heterocycles. The average molecular weight is 312 g/mol. The summed E-state index contributed by atoms with van der Waals surface area (Å²) in [5.41, 5.74) is -0.463. The zero-order valence-electron chi connectivity index (χ0n) is 15.3. The molecule has 1 aliphatic rings. The Balaban J connectivity index is 2.45. The highest BCUT2D eigenvalue weighted by molar-refractivity contribution is 5.67. The van der Waals surface area contributed by atoms with Crippen molar-refractivity contribution in [2.24, 2.45) is 5.92 Å². The summed E-state index contributed by atoms with van der Waals surface area (Å²) in [4.78, 5) is 11.9. The summed E-state index contributed by atoms with van der Waals surface area (Å²) in [6.45, 7) is 11.7. The molecule has 1 fully saturated rings. The minimum Gasteiger partial charge on any atom is -0.444 e. The Labute approximate surface area is 136 Å². The molecule has 0 bridgehead atoms. The van der Waals surface area contributed by atoms with Crippen LogP contribution in [0.2, 0.25) is 0 Å². The lowest BCUT2D eigenvalue weighted by Gasteiger charge is -2.36. The van der Waals surface area contributed by atoms with E-state index in [0.717, 1.165) is 25.3 Å². The van der Waals surface area contributed by atoms with Crippen LogP contribution >= 0.6 is 0 Å². The van der Waals surface area contributed by atoms with E-state index < -0.39 is 5.60 Å². The number of nitrogens with one attached hydrogen (secondary N) is 2. The van der Waals surface area contributed by atoms with Crippen molar-refractivity contribution >= 4 is 6.09 Å². The molecule has 0 spiro atoms. The number of amides is 1. The van der Waals surface area contributed by atoms with Crippen molar-refractivity contribution < 1.29 is 9.53 Å². The zero-order valence-corrected chi connectivity index (χ0v) is 15.3. The van der Waals surface area contributed by atoms with Gasteiger partial charge in [0.25, 0.3) is 0 Å². The van der Waals surface area contributed by atoms with Crippen molar-refractivity contribution in [3.8, 4) is 0 Å². The third-order valence-corrected chi connectivity index (χ3v) is 4.81. The monoisotopic (exact) mass is 312 g/mol. The van der Waals surface area contributed by atoms with Gasteiger partial charge in [-0.3, -0.25) is 0 Å². The van der Waals surface area contributed by atoms with Crippen LogP contribution in [-0.4, -0.2) is 30.3 Å². The Bertz CT molecular complexity index is 326. The molecule has 1 rings (SSSR count). The van der Waals surface area contributed by atoms with Crippen LogP contribution in [0.5, 0.6) is 0 Å². The van der Waals surface area contributed by atoms with Gasteiger partial charge >= 0.3 is 6.09 Å². The Kier molecular flexibility index (Phi) is 7.67. The number of carbonyl (C=O) groups excluding carboxylic acids is 1. The fourth-order valence-corrected chi connectivity index (χ4v) is 3.12. The Morgan fingerprint density at radius 2 is 1.68 bits per heavy atom. The van der Waals surface area contributed by atoms with Gasteiger partial charge in [0.05, 0.1) is 0 Å². The highest BCUT2D eigenvalue weighted by Gasteiger charge is 2.28. The summed E-state index contributed by atoms with van der Waals surface area (Å²) in [6.07, 6.45) is 8.51. The zero-order chi connectivity index (χ0) is 16.6. The molecule has 22 heavy (non-hydrogen) atoms. The SMILES string of the molecule is CCC(CC)(CNC(=O)OC(C)(C)C)NCC1CCCCC1. The molecule has 0 aromatic carbocycles. The number of hydrogen-bond acceptors (Lipinski definition) is 3. The van der Waals surface area contributed by atoms with Gasteiger partial charge in [-0.05, 0) is 58.9 Å². The van der Waals surface area contributed by atoms with Crippen molar-refractivity contribution in [3.63, 3.8) is 0 Å². The second-order valence-electron chi connectivity index (χ2n) is 7.73. The normalized spacial score (nSPS) is 17.3. The maximum absolute atomic E-state index is 11.9. The standard InChI is InChI=1S/C18H36N2O2/c1-6-18(7-2,14-19-16(21)22-17(3,4)5)20-13-15-11-9-8-10-12-15/h15,20H,6-14H2,1-5H3,(H,19,21). The topological polar surface area (TPSA) is 50.4 Å². The molecule has 130 valence electrons. The van der Waals surface area contributed by atoms with Crippen LogP contribution < -0.4 is 10.6 Å². The number of alkyl carbamates (subject to hydrolysis) is 1. The van der Waals surface area contributed by atoms with E-state index in [9.17, 15) is 4.79 Å². The highest BCUT2D eigenvalue weighted by atomic mass is 16.6. The van der Waals surface area contributed by atoms with Crippen molar-refractivity contribution in [1.82, 2.24) is 10.6 Å². The molecule has 0 unspecified atom stereocenters. The lowest BCUT2D eigenvalue weighted by atomic mass is 9.87. The number of rotatable bonds is 7. The van der Waals surface area contributed by atoms with Crippen LogP contribution in [0.1, 0.15) is 79.6 Å². The Morgan fingerprint density at radius 3 is 2.18 bits per heavy atom. The molecule has 1 saturated carbocycles. The van der Waals surface area contributed by atoms with E-state index in [0.29, 0.717) is 6.54 Å². The quantitative estimate of drug-likeness (QED) is 0.739. The summed E-state index contributed by atoms with van der Waals surface area (Å²) in [6, 6.07) is 0. The van der Waals surface area contributed by atoms with E-state index in [4.69, 9.17) is 4.74 Å². The molecule has 0 atom stereocenters. The minimum absolute atomic E-state index is 0.0195. The summed E-state index contributed by atoms with van der Waals surface area (Å²) < 4.78 is 5.34. The molecule has 4 nitrogen and oxygen atoms in total. The van der Waals surface area contributed by atoms with Gasteiger partial charge in [0.1, 0.15) is 5.60 Å². The molecule has 4 heteroatoms.